The lowest BCUT2D eigenvalue weighted by molar-refractivity contribution is 0.0174. The Kier molecular flexibility index (Phi) is 5.17. The average Bonchev–Trinajstić information content (AvgIpc) is 2.45. The second kappa shape index (κ2) is 6.88. The van der Waals surface area contributed by atoms with Gasteiger partial charge in [-0.15, -0.1) is 0 Å². The van der Waals surface area contributed by atoms with Crippen molar-refractivity contribution in [3.63, 3.8) is 0 Å². The first-order valence-electron chi connectivity index (χ1n) is 7.24. The van der Waals surface area contributed by atoms with Gasteiger partial charge in [0, 0.05) is 12.5 Å². The lowest BCUT2D eigenvalue weighted by atomic mass is 9.91. The van der Waals surface area contributed by atoms with Gasteiger partial charge in [0.05, 0.1) is 12.7 Å². The van der Waals surface area contributed by atoms with Gasteiger partial charge in [0.2, 0.25) is 0 Å². The largest absolute Gasteiger partial charge is 0.396 e. The summed E-state index contributed by atoms with van der Waals surface area (Å²) >= 11 is 0. The predicted molar refractivity (Wildman–Crippen MR) is 79.0 cm³/mol. The van der Waals surface area contributed by atoms with Crippen molar-refractivity contribution in [3.05, 3.63) is 41.5 Å². The highest BCUT2D eigenvalue weighted by atomic mass is 16.5. The van der Waals surface area contributed by atoms with Gasteiger partial charge in [-0.2, -0.15) is 0 Å². The summed E-state index contributed by atoms with van der Waals surface area (Å²) in [5.74, 6) is 0.227. The second-order valence-corrected chi connectivity index (χ2v) is 5.38. The summed E-state index contributed by atoms with van der Waals surface area (Å²) in [5.41, 5.74) is 3.93. The molecular formula is C17H24O2. The molecule has 0 saturated carbocycles. The minimum absolute atomic E-state index is 0.0641. The molecule has 2 rings (SSSR count). The van der Waals surface area contributed by atoms with Crippen LogP contribution in [0.15, 0.2) is 30.3 Å². The molecule has 2 atom stereocenters. The number of aryl methyl sites for hydroxylation is 1. The topological polar surface area (TPSA) is 29.5 Å². The van der Waals surface area contributed by atoms with Gasteiger partial charge in [0.25, 0.3) is 0 Å². The van der Waals surface area contributed by atoms with Crippen LogP contribution in [0.3, 0.4) is 0 Å². The van der Waals surface area contributed by atoms with E-state index in [4.69, 9.17) is 4.74 Å². The van der Waals surface area contributed by atoms with Crippen LogP contribution in [-0.2, 0) is 4.74 Å². The van der Waals surface area contributed by atoms with Gasteiger partial charge in [-0.3, -0.25) is 0 Å². The number of aliphatic hydroxyl groups is 1. The Morgan fingerprint density at radius 3 is 2.95 bits per heavy atom. The lowest BCUT2D eigenvalue weighted by Gasteiger charge is -2.28. The summed E-state index contributed by atoms with van der Waals surface area (Å²) in [6.07, 6.45) is 5.34. The fourth-order valence-electron chi connectivity index (χ4n) is 2.72. The quantitative estimate of drug-likeness (QED) is 0.877. The van der Waals surface area contributed by atoms with Crippen LogP contribution in [0.1, 0.15) is 37.3 Å². The minimum Gasteiger partial charge on any atom is -0.396 e. The smallest absolute Gasteiger partial charge is 0.0811 e. The van der Waals surface area contributed by atoms with Gasteiger partial charge in [-0.05, 0) is 30.9 Å². The third kappa shape index (κ3) is 3.68. The monoisotopic (exact) mass is 260 g/mol. The molecule has 0 spiro atoms. The zero-order valence-electron chi connectivity index (χ0n) is 11.9. The Hall–Kier alpha value is -1.12. The molecule has 0 amide bonds. The molecule has 1 heterocycles. The van der Waals surface area contributed by atoms with Gasteiger partial charge < -0.3 is 9.84 Å². The fourth-order valence-corrected chi connectivity index (χ4v) is 2.72. The lowest BCUT2D eigenvalue weighted by Crippen LogP contribution is -2.28. The third-order valence-electron chi connectivity index (χ3n) is 3.79. The Bertz CT molecular complexity index is 437. The van der Waals surface area contributed by atoms with E-state index in [0.717, 1.165) is 25.9 Å². The van der Waals surface area contributed by atoms with E-state index in [9.17, 15) is 5.11 Å². The van der Waals surface area contributed by atoms with Crippen molar-refractivity contribution in [1.82, 2.24) is 0 Å². The first kappa shape index (κ1) is 14.3. The molecule has 0 radical (unpaired) electrons. The predicted octanol–water partition coefficient (Wildman–Crippen LogP) is 3.58. The van der Waals surface area contributed by atoms with Gasteiger partial charge in [-0.25, -0.2) is 0 Å². The molecule has 1 aliphatic heterocycles. The van der Waals surface area contributed by atoms with E-state index in [2.05, 4.69) is 44.2 Å². The van der Waals surface area contributed by atoms with Crippen LogP contribution in [0.25, 0.3) is 5.57 Å². The number of hydrogen-bond acceptors (Lipinski definition) is 2. The third-order valence-corrected chi connectivity index (χ3v) is 3.79. The molecule has 0 aromatic heterocycles. The molecule has 19 heavy (non-hydrogen) atoms. The second-order valence-electron chi connectivity index (χ2n) is 5.38. The maximum Gasteiger partial charge on any atom is 0.0811 e. The number of ether oxygens (including phenoxy) is 1. The molecule has 0 aliphatic carbocycles. The Morgan fingerprint density at radius 1 is 1.42 bits per heavy atom. The van der Waals surface area contributed by atoms with Crippen molar-refractivity contribution in [2.75, 3.05) is 13.2 Å². The number of rotatable bonds is 5. The van der Waals surface area contributed by atoms with Crippen molar-refractivity contribution in [2.24, 2.45) is 5.92 Å². The Balaban J connectivity index is 2.19. The Labute approximate surface area is 116 Å². The first-order chi connectivity index (χ1) is 9.24. The molecule has 0 unspecified atom stereocenters. The zero-order chi connectivity index (χ0) is 13.7. The summed E-state index contributed by atoms with van der Waals surface area (Å²) < 4.78 is 5.83. The van der Waals surface area contributed by atoms with E-state index in [1.54, 1.807) is 0 Å². The van der Waals surface area contributed by atoms with E-state index in [0.29, 0.717) is 0 Å². The normalized spacial score (nSPS) is 21.0. The number of benzene rings is 1. The van der Waals surface area contributed by atoms with Crippen LogP contribution in [0.5, 0.6) is 0 Å². The standard InChI is InChI=1S/C17H24O2/c1-3-5-16(12-18)17-11-15(8-9-19-17)14-7-4-6-13(2)10-14/h4,6-7,10-11,16-18H,3,5,8-9,12H2,1-2H3/t16-,17+/m0/s1. The molecule has 1 aromatic rings. The molecule has 1 N–H and O–H groups in total. The summed E-state index contributed by atoms with van der Waals surface area (Å²) in [6.45, 7) is 5.23. The summed E-state index contributed by atoms with van der Waals surface area (Å²) in [5, 5.41) is 9.50. The Morgan fingerprint density at radius 2 is 2.26 bits per heavy atom. The molecule has 0 fully saturated rings. The SMILES string of the molecule is CCC[C@@H](CO)[C@H]1C=C(c2cccc(C)c2)CCO1. The molecular weight excluding hydrogens is 236 g/mol. The zero-order valence-corrected chi connectivity index (χ0v) is 11.9. The molecule has 1 aliphatic rings. The molecule has 2 nitrogen and oxygen atoms in total. The van der Waals surface area contributed by atoms with Crippen LogP contribution >= 0.6 is 0 Å². The van der Waals surface area contributed by atoms with Crippen LogP contribution in [0, 0.1) is 12.8 Å². The van der Waals surface area contributed by atoms with E-state index in [1.165, 1.54) is 16.7 Å². The molecule has 0 saturated heterocycles. The van der Waals surface area contributed by atoms with Crippen LogP contribution in [0.2, 0.25) is 0 Å². The van der Waals surface area contributed by atoms with Gasteiger partial charge >= 0.3 is 0 Å². The van der Waals surface area contributed by atoms with Gasteiger partial charge in [0.15, 0.2) is 0 Å². The van der Waals surface area contributed by atoms with Crippen LogP contribution in [0.4, 0.5) is 0 Å². The van der Waals surface area contributed by atoms with Crippen LogP contribution < -0.4 is 0 Å². The summed E-state index contributed by atoms with van der Waals surface area (Å²) in [6, 6.07) is 8.61. The van der Waals surface area contributed by atoms with Gasteiger partial charge in [0.1, 0.15) is 0 Å². The van der Waals surface area contributed by atoms with Crippen molar-refractivity contribution in [1.29, 1.82) is 0 Å². The van der Waals surface area contributed by atoms with Crippen molar-refractivity contribution in [2.45, 2.75) is 39.2 Å². The summed E-state index contributed by atoms with van der Waals surface area (Å²) in [4.78, 5) is 0. The summed E-state index contributed by atoms with van der Waals surface area (Å²) in [7, 11) is 0. The van der Waals surface area contributed by atoms with E-state index in [-0.39, 0.29) is 18.6 Å². The van der Waals surface area contributed by atoms with Crippen LogP contribution in [-0.4, -0.2) is 24.4 Å². The average molecular weight is 260 g/mol. The maximum atomic E-state index is 9.50. The van der Waals surface area contributed by atoms with Crippen molar-refractivity contribution < 1.29 is 9.84 Å². The van der Waals surface area contributed by atoms with Crippen molar-refractivity contribution in [3.8, 4) is 0 Å². The van der Waals surface area contributed by atoms with E-state index in [1.807, 2.05) is 0 Å². The highest BCUT2D eigenvalue weighted by molar-refractivity contribution is 5.67. The maximum absolute atomic E-state index is 9.50. The molecule has 2 heteroatoms. The van der Waals surface area contributed by atoms with Gasteiger partial charge in [-0.1, -0.05) is 49.2 Å². The molecule has 1 aromatic carbocycles. The molecule has 0 bridgehead atoms. The minimum atomic E-state index is 0.0641. The fraction of sp³-hybridized carbons (Fsp3) is 0.529. The van der Waals surface area contributed by atoms with Crippen molar-refractivity contribution >= 4 is 5.57 Å². The molecule has 104 valence electrons. The number of aliphatic hydroxyl groups excluding tert-OH is 1. The highest BCUT2D eigenvalue weighted by Crippen LogP contribution is 2.28. The van der Waals surface area contributed by atoms with E-state index >= 15 is 0 Å². The number of hydrogen-bond donors (Lipinski definition) is 1. The highest BCUT2D eigenvalue weighted by Gasteiger charge is 2.23. The van der Waals surface area contributed by atoms with E-state index < -0.39 is 0 Å². The first-order valence-corrected chi connectivity index (χ1v) is 7.24.